The predicted octanol–water partition coefficient (Wildman–Crippen LogP) is 3.22. The molecule has 2 rings (SSSR count). The van der Waals surface area contributed by atoms with Crippen molar-refractivity contribution in [2.75, 3.05) is 11.9 Å². The fourth-order valence-corrected chi connectivity index (χ4v) is 2.53. The number of hydrogen-bond acceptors (Lipinski definition) is 4. The zero-order valence-electron chi connectivity index (χ0n) is 16.9. The van der Waals surface area contributed by atoms with Gasteiger partial charge in [-0.3, -0.25) is 14.4 Å². The molecule has 148 valence electrons. The Hall–Kier alpha value is -3.15. The van der Waals surface area contributed by atoms with Crippen LogP contribution in [0, 0.1) is 27.7 Å². The molecule has 0 bridgehead atoms. The van der Waals surface area contributed by atoms with Crippen LogP contribution in [0.4, 0.5) is 5.69 Å². The molecule has 28 heavy (non-hydrogen) atoms. The fourth-order valence-electron chi connectivity index (χ4n) is 2.53. The Morgan fingerprint density at radius 1 is 0.929 bits per heavy atom. The van der Waals surface area contributed by atoms with Crippen LogP contribution >= 0.6 is 0 Å². The molecule has 6 nitrogen and oxygen atoms in total. The summed E-state index contributed by atoms with van der Waals surface area (Å²) in [6.07, 6.45) is -0.981. The highest BCUT2D eigenvalue weighted by Gasteiger charge is 2.19. The van der Waals surface area contributed by atoms with Crippen molar-refractivity contribution in [3.05, 3.63) is 64.2 Å². The summed E-state index contributed by atoms with van der Waals surface area (Å²) in [4.78, 5) is 36.4. The summed E-state index contributed by atoms with van der Waals surface area (Å²) in [5, 5.41) is 5.27. The lowest BCUT2D eigenvalue weighted by Crippen LogP contribution is -2.36. The van der Waals surface area contributed by atoms with Gasteiger partial charge < -0.3 is 15.4 Å². The molecule has 0 saturated carbocycles. The van der Waals surface area contributed by atoms with Crippen molar-refractivity contribution in [1.29, 1.82) is 0 Å². The van der Waals surface area contributed by atoms with Crippen LogP contribution in [0.5, 0.6) is 0 Å². The second-order valence-corrected chi connectivity index (χ2v) is 6.92. The van der Waals surface area contributed by atoms with Crippen molar-refractivity contribution in [3.8, 4) is 0 Å². The van der Waals surface area contributed by atoms with Crippen LogP contribution in [-0.2, 0) is 14.3 Å². The summed E-state index contributed by atoms with van der Waals surface area (Å²) in [5.41, 5.74) is 5.15. The standard InChI is InChI=1S/C22H26N2O4/c1-13-6-7-15(3)19(10-13)24-21(26)17(5)28-20(25)12-23-22(27)18-9-8-14(2)16(4)11-18/h6-11,17H,12H2,1-5H3,(H,23,27)(H,24,26)/t17-/m1/s1. The molecule has 0 saturated heterocycles. The molecule has 1 atom stereocenters. The zero-order chi connectivity index (χ0) is 20.8. The number of nitrogens with one attached hydrogen (secondary N) is 2. The minimum absolute atomic E-state index is 0.313. The Balaban J connectivity index is 1.86. The maximum atomic E-state index is 12.3. The molecule has 0 unspecified atom stereocenters. The number of hydrogen-bond donors (Lipinski definition) is 2. The van der Waals surface area contributed by atoms with E-state index in [1.54, 1.807) is 12.1 Å². The van der Waals surface area contributed by atoms with Gasteiger partial charge in [-0.2, -0.15) is 0 Å². The lowest BCUT2D eigenvalue weighted by molar-refractivity contribution is -0.152. The summed E-state index contributed by atoms with van der Waals surface area (Å²) in [6.45, 7) is 8.86. The number of carbonyl (C=O) groups excluding carboxylic acids is 3. The number of rotatable bonds is 6. The first-order valence-corrected chi connectivity index (χ1v) is 9.10. The summed E-state index contributed by atoms with van der Waals surface area (Å²) in [5.74, 6) is -1.48. The highest BCUT2D eigenvalue weighted by molar-refractivity contribution is 5.97. The van der Waals surface area contributed by atoms with E-state index >= 15 is 0 Å². The monoisotopic (exact) mass is 382 g/mol. The van der Waals surface area contributed by atoms with Gasteiger partial charge in [0.2, 0.25) is 0 Å². The SMILES string of the molecule is Cc1ccc(C)c(NC(=O)[C@@H](C)OC(=O)CNC(=O)c2ccc(C)c(C)c2)c1. The Bertz CT molecular complexity index is 905. The second-order valence-electron chi connectivity index (χ2n) is 6.92. The summed E-state index contributed by atoms with van der Waals surface area (Å²) in [6, 6.07) is 11.0. The number of benzene rings is 2. The van der Waals surface area contributed by atoms with E-state index in [1.165, 1.54) is 6.92 Å². The van der Waals surface area contributed by atoms with Gasteiger partial charge in [0.05, 0.1) is 0 Å². The maximum Gasteiger partial charge on any atom is 0.326 e. The molecule has 6 heteroatoms. The van der Waals surface area contributed by atoms with Crippen molar-refractivity contribution < 1.29 is 19.1 Å². The van der Waals surface area contributed by atoms with Gasteiger partial charge in [-0.1, -0.05) is 18.2 Å². The summed E-state index contributed by atoms with van der Waals surface area (Å²) < 4.78 is 5.12. The molecule has 2 aromatic carbocycles. The summed E-state index contributed by atoms with van der Waals surface area (Å²) in [7, 11) is 0. The largest absolute Gasteiger partial charge is 0.451 e. The van der Waals surface area contributed by atoms with Gasteiger partial charge in [-0.15, -0.1) is 0 Å². The van der Waals surface area contributed by atoms with Crippen molar-refractivity contribution in [3.63, 3.8) is 0 Å². The number of ether oxygens (including phenoxy) is 1. The number of aryl methyl sites for hydroxylation is 4. The lowest BCUT2D eigenvalue weighted by atomic mass is 10.1. The third-order valence-electron chi connectivity index (χ3n) is 4.49. The van der Waals surface area contributed by atoms with Gasteiger partial charge >= 0.3 is 5.97 Å². The van der Waals surface area contributed by atoms with Crippen LogP contribution in [0.3, 0.4) is 0 Å². The molecule has 0 aliphatic heterocycles. The number of amides is 2. The van der Waals surface area contributed by atoms with E-state index in [-0.39, 0.29) is 12.5 Å². The van der Waals surface area contributed by atoms with Gasteiger partial charge in [-0.05, 0) is 75.1 Å². The minimum atomic E-state index is -0.981. The van der Waals surface area contributed by atoms with Crippen LogP contribution < -0.4 is 10.6 Å². The number of carbonyl (C=O) groups is 3. The minimum Gasteiger partial charge on any atom is -0.451 e. The normalized spacial score (nSPS) is 11.5. The van der Waals surface area contributed by atoms with Crippen molar-refractivity contribution in [2.24, 2.45) is 0 Å². The van der Waals surface area contributed by atoms with E-state index in [0.717, 1.165) is 22.3 Å². The van der Waals surface area contributed by atoms with Crippen LogP contribution in [-0.4, -0.2) is 30.4 Å². The lowest BCUT2D eigenvalue weighted by Gasteiger charge is -2.15. The van der Waals surface area contributed by atoms with Crippen molar-refractivity contribution in [1.82, 2.24) is 5.32 Å². The van der Waals surface area contributed by atoms with Crippen LogP contribution in [0.1, 0.15) is 39.5 Å². The van der Waals surface area contributed by atoms with Crippen molar-refractivity contribution in [2.45, 2.75) is 40.7 Å². The smallest absolute Gasteiger partial charge is 0.326 e. The molecule has 0 fully saturated rings. The zero-order valence-corrected chi connectivity index (χ0v) is 16.9. The molecule has 0 aromatic heterocycles. The maximum absolute atomic E-state index is 12.3. The van der Waals surface area contributed by atoms with Crippen LogP contribution in [0.2, 0.25) is 0 Å². The van der Waals surface area contributed by atoms with E-state index in [1.807, 2.05) is 52.0 Å². The average Bonchev–Trinajstić information content (AvgIpc) is 2.64. The molecular weight excluding hydrogens is 356 g/mol. The van der Waals surface area contributed by atoms with Crippen molar-refractivity contribution >= 4 is 23.5 Å². The first-order chi connectivity index (χ1) is 13.2. The highest BCUT2D eigenvalue weighted by Crippen LogP contribution is 2.17. The third kappa shape index (κ3) is 5.67. The number of anilines is 1. The van der Waals surface area contributed by atoms with Gasteiger partial charge in [0.15, 0.2) is 6.10 Å². The molecule has 0 heterocycles. The third-order valence-corrected chi connectivity index (χ3v) is 4.49. The molecule has 0 aliphatic carbocycles. The Morgan fingerprint density at radius 2 is 1.61 bits per heavy atom. The number of esters is 1. The topological polar surface area (TPSA) is 84.5 Å². The Morgan fingerprint density at radius 3 is 2.29 bits per heavy atom. The highest BCUT2D eigenvalue weighted by atomic mass is 16.5. The van der Waals surface area contributed by atoms with Crippen LogP contribution in [0.15, 0.2) is 36.4 Å². The second kappa shape index (κ2) is 9.17. The first-order valence-electron chi connectivity index (χ1n) is 9.10. The molecular formula is C22H26N2O4. The van der Waals surface area contributed by atoms with Gasteiger partial charge in [0, 0.05) is 11.3 Å². The molecule has 2 amide bonds. The van der Waals surface area contributed by atoms with E-state index in [4.69, 9.17) is 4.74 Å². The molecule has 0 radical (unpaired) electrons. The molecule has 0 aliphatic rings. The van der Waals surface area contributed by atoms with E-state index in [9.17, 15) is 14.4 Å². The van der Waals surface area contributed by atoms with E-state index < -0.39 is 18.0 Å². The molecule has 2 N–H and O–H groups in total. The van der Waals surface area contributed by atoms with Gasteiger partial charge in [-0.25, -0.2) is 0 Å². The fraction of sp³-hybridized carbons (Fsp3) is 0.318. The molecule has 2 aromatic rings. The van der Waals surface area contributed by atoms with Crippen LogP contribution in [0.25, 0.3) is 0 Å². The van der Waals surface area contributed by atoms with E-state index in [0.29, 0.717) is 11.3 Å². The first kappa shape index (κ1) is 21.2. The Kier molecular flexibility index (Phi) is 6.93. The summed E-state index contributed by atoms with van der Waals surface area (Å²) >= 11 is 0. The predicted molar refractivity (Wildman–Crippen MR) is 108 cm³/mol. The average molecular weight is 382 g/mol. The molecule has 0 spiro atoms. The van der Waals surface area contributed by atoms with Gasteiger partial charge in [0.25, 0.3) is 11.8 Å². The quantitative estimate of drug-likeness (QED) is 0.752. The van der Waals surface area contributed by atoms with Gasteiger partial charge in [0.1, 0.15) is 6.54 Å². The van der Waals surface area contributed by atoms with E-state index in [2.05, 4.69) is 10.6 Å². The Labute approximate surface area is 165 Å².